The van der Waals surface area contributed by atoms with Crippen molar-refractivity contribution in [2.24, 2.45) is 11.8 Å². The third-order valence-electron chi connectivity index (χ3n) is 5.85. The van der Waals surface area contributed by atoms with E-state index in [4.69, 9.17) is 0 Å². The Morgan fingerprint density at radius 3 is 2.40 bits per heavy atom. The second kappa shape index (κ2) is 7.84. The van der Waals surface area contributed by atoms with Crippen LogP contribution in [-0.2, 0) is 16.6 Å². The van der Waals surface area contributed by atoms with Crippen LogP contribution in [0.2, 0.25) is 0 Å². The number of carbonyl (C=O) groups excluding carboxylic acids is 1. The largest absolute Gasteiger partial charge is 0.342 e. The molecule has 0 spiro atoms. The zero-order chi connectivity index (χ0) is 17.9. The van der Waals surface area contributed by atoms with Crippen LogP contribution in [0.25, 0.3) is 0 Å². The number of likely N-dealkylation sites (tertiary alicyclic amines) is 1. The highest BCUT2D eigenvalue weighted by atomic mass is 16.2. The topological polar surface area (TPSA) is 46.1 Å². The number of piperidine rings is 1. The van der Waals surface area contributed by atoms with Gasteiger partial charge in [0.1, 0.15) is 6.33 Å². The minimum atomic E-state index is 0.0657. The number of hydrogen-bond acceptors (Lipinski definition) is 3. The second-order valence-electron chi connectivity index (χ2n) is 8.95. The summed E-state index contributed by atoms with van der Waals surface area (Å²) in [5.41, 5.74) is 2.34. The van der Waals surface area contributed by atoms with Crippen molar-refractivity contribution in [1.82, 2.24) is 14.9 Å². The Morgan fingerprint density at radius 1 is 1.08 bits per heavy atom. The fourth-order valence-corrected chi connectivity index (χ4v) is 4.20. The van der Waals surface area contributed by atoms with E-state index in [1.54, 1.807) is 6.33 Å². The van der Waals surface area contributed by atoms with Gasteiger partial charge in [0.05, 0.1) is 0 Å². The van der Waals surface area contributed by atoms with Crippen LogP contribution in [0, 0.1) is 11.8 Å². The van der Waals surface area contributed by atoms with Crippen LogP contribution < -0.4 is 0 Å². The summed E-state index contributed by atoms with van der Waals surface area (Å²) < 4.78 is 0. The van der Waals surface area contributed by atoms with E-state index in [0.717, 1.165) is 56.6 Å². The van der Waals surface area contributed by atoms with Gasteiger partial charge in [-0.15, -0.1) is 0 Å². The number of hydrogen-bond donors (Lipinski definition) is 0. The van der Waals surface area contributed by atoms with Gasteiger partial charge in [0.25, 0.3) is 0 Å². The maximum Gasteiger partial charge on any atom is 0.225 e. The molecular formula is C21H33N3O. The number of amides is 1. The lowest BCUT2D eigenvalue weighted by Gasteiger charge is -2.34. The Labute approximate surface area is 152 Å². The van der Waals surface area contributed by atoms with Gasteiger partial charge in [-0.3, -0.25) is 4.79 Å². The van der Waals surface area contributed by atoms with Crippen molar-refractivity contribution in [2.45, 2.75) is 77.6 Å². The normalized spacial score (nSPS) is 25.0. The molecule has 4 nitrogen and oxygen atoms in total. The van der Waals surface area contributed by atoms with Crippen LogP contribution >= 0.6 is 0 Å². The summed E-state index contributed by atoms with van der Waals surface area (Å²) in [6.07, 6.45) is 10.8. The van der Waals surface area contributed by atoms with Gasteiger partial charge in [-0.1, -0.05) is 20.8 Å². The van der Waals surface area contributed by atoms with Crippen LogP contribution in [0.15, 0.2) is 12.4 Å². The first kappa shape index (κ1) is 18.3. The maximum atomic E-state index is 12.7. The van der Waals surface area contributed by atoms with Gasteiger partial charge in [-0.2, -0.15) is 0 Å². The van der Waals surface area contributed by atoms with Crippen molar-refractivity contribution < 1.29 is 4.79 Å². The minimum absolute atomic E-state index is 0.0657. The first-order chi connectivity index (χ1) is 11.9. The van der Waals surface area contributed by atoms with E-state index in [1.807, 2.05) is 0 Å². The fourth-order valence-electron chi connectivity index (χ4n) is 4.20. The number of nitrogens with zero attached hydrogens (tertiary/aromatic N) is 3. The molecule has 25 heavy (non-hydrogen) atoms. The third kappa shape index (κ3) is 4.80. The molecule has 2 heterocycles. The molecule has 1 aromatic heterocycles. The molecule has 0 bridgehead atoms. The molecule has 1 amide bonds. The van der Waals surface area contributed by atoms with Crippen molar-refractivity contribution in [3.8, 4) is 0 Å². The zero-order valence-corrected chi connectivity index (χ0v) is 16.1. The van der Waals surface area contributed by atoms with E-state index in [2.05, 4.69) is 41.7 Å². The van der Waals surface area contributed by atoms with Gasteiger partial charge < -0.3 is 4.90 Å². The van der Waals surface area contributed by atoms with Gasteiger partial charge in [0, 0.05) is 35.8 Å². The van der Waals surface area contributed by atoms with Gasteiger partial charge in [-0.25, -0.2) is 9.97 Å². The summed E-state index contributed by atoms with van der Waals surface area (Å²) in [4.78, 5) is 23.7. The van der Waals surface area contributed by atoms with Crippen molar-refractivity contribution >= 4 is 5.91 Å². The van der Waals surface area contributed by atoms with Crippen LogP contribution in [-0.4, -0.2) is 33.9 Å². The lowest BCUT2D eigenvalue weighted by atomic mass is 9.79. The summed E-state index contributed by atoms with van der Waals surface area (Å²) >= 11 is 0. The van der Waals surface area contributed by atoms with E-state index in [1.165, 1.54) is 19.3 Å². The van der Waals surface area contributed by atoms with Gasteiger partial charge in [-0.05, 0) is 63.4 Å². The van der Waals surface area contributed by atoms with Crippen molar-refractivity contribution in [3.05, 3.63) is 23.8 Å². The van der Waals surface area contributed by atoms with E-state index in [9.17, 15) is 4.79 Å². The molecule has 1 saturated carbocycles. The monoisotopic (exact) mass is 343 g/mol. The van der Waals surface area contributed by atoms with Gasteiger partial charge in [0.2, 0.25) is 5.91 Å². The molecule has 1 aliphatic carbocycles. The Hall–Kier alpha value is -1.45. The van der Waals surface area contributed by atoms with Gasteiger partial charge in [0.15, 0.2) is 0 Å². The molecule has 1 aromatic rings. The predicted molar refractivity (Wildman–Crippen MR) is 100 cm³/mol. The molecule has 0 unspecified atom stereocenters. The van der Waals surface area contributed by atoms with E-state index < -0.39 is 0 Å². The van der Waals surface area contributed by atoms with E-state index >= 15 is 0 Å². The molecule has 0 aromatic carbocycles. The fraction of sp³-hybridized carbons (Fsp3) is 0.762. The average molecular weight is 344 g/mol. The first-order valence-electron chi connectivity index (χ1n) is 10.0. The molecule has 1 saturated heterocycles. The number of rotatable bonds is 3. The van der Waals surface area contributed by atoms with Crippen LogP contribution in [0.4, 0.5) is 0 Å². The lowest BCUT2D eigenvalue weighted by molar-refractivity contribution is -0.137. The Morgan fingerprint density at radius 2 is 1.76 bits per heavy atom. The van der Waals surface area contributed by atoms with E-state index in [-0.39, 0.29) is 11.3 Å². The van der Waals surface area contributed by atoms with Crippen molar-refractivity contribution in [3.63, 3.8) is 0 Å². The Kier molecular flexibility index (Phi) is 5.75. The van der Waals surface area contributed by atoms with Crippen LogP contribution in [0.1, 0.15) is 77.1 Å². The molecule has 2 aliphatic rings. The Bertz CT molecular complexity index is 579. The molecule has 2 fully saturated rings. The SMILES string of the molecule is CC(C)(C)c1cc(CC2CCC(C(=O)N3CCCCC3)CC2)ncn1. The smallest absolute Gasteiger partial charge is 0.225 e. The highest BCUT2D eigenvalue weighted by Gasteiger charge is 2.30. The standard InChI is InChI=1S/C21H33N3O/c1-21(2,3)19-14-18(22-15-23-19)13-16-7-9-17(10-8-16)20(25)24-11-5-4-6-12-24/h14-17H,4-13H2,1-3H3. The molecule has 0 radical (unpaired) electrons. The van der Waals surface area contributed by atoms with Crippen LogP contribution in [0.3, 0.4) is 0 Å². The molecule has 0 atom stereocenters. The van der Waals surface area contributed by atoms with E-state index in [0.29, 0.717) is 11.8 Å². The Balaban J connectivity index is 1.52. The quantitative estimate of drug-likeness (QED) is 0.829. The number of aromatic nitrogens is 2. The average Bonchev–Trinajstić information content (AvgIpc) is 2.62. The first-order valence-corrected chi connectivity index (χ1v) is 10.0. The summed E-state index contributed by atoms with van der Waals surface area (Å²) in [7, 11) is 0. The minimum Gasteiger partial charge on any atom is -0.342 e. The summed E-state index contributed by atoms with van der Waals surface area (Å²) in [6.45, 7) is 8.54. The van der Waals surface area contributed by atoms with Crippen molar-refractivity contribution in [1.29, 1.82) is 0 Å². The van der Waals surface area contributed by atoms with Crippen molar-refractivity contribution in [2.75, 3.05) is 13.1 Å². The summed E-state index contributed by atoms with van der Waals surface area (Å²) in [5.74, 6) is 1.35. The second-order valence-corrected chi connectivity index (χ2v) is 8.95. The maximum absolute atomic E-state index is 12.7. The predicted octanol–water partition coefficient (Wildman–Crippen LogP) is 4.14. The molecular weight excluding hydrogens is 310 g/mol. The lowest BCUT2D eigenvalue weighted by Crippen LogP contribution is -2.40. The molecule has 138 valence electrons. The zero-order valence-electron chi connectivity index (χ0n) is 16.1. The third-order valence-corrected chi connectivity index (χ3v) is 5.85. The summed E-state index contributed by atoms with van der Waals surface area (Å²) in [6, 6.07) is 2.17. The molecule has 1 aliphatic heterocycles. The van der Waals surface area contributed by atoms with Gasteiger partial charge >= 0.3 is 0 Å². The molecule has 4 heteroatoms. The summed E-state index contributed by atoms with van der Waals surface area (Å²) in [5, 5.41) is 0. The molecule has 0 N–H and O–H groups in total. The highest BCUT2D eigenvalue weighted by Crippen LogP contribution is 2.33. The van der Waals surface area contributed by atoms with Crippen LogP contribution in [0.5, 0.6) is 0 Å². The highest BCUT2D eigenvalue weighted by molar-refractivity contribution is 5.79. The number of carbonyl (C=O) groups is 1. The molecule has 3 rings (SSSR count).